The van der Waals surface area contributed by atoms with Gasteiger partial charge >= 0.3 is 0 Å². The lowest BCUT2D eigenvalue weighted by atomic mass is 10.2. The number of aryl methyl sites for hydroxylation is 1. The first-order valence-corrected chi connectivity index (χ1v) is 12.0. The van der Waals surface area contributed by atoms with Crippen LogP contribution in [0.15, 0.2) is 69.9 Å². The number of aromatic nitrogens is 2. The number of benzene rings is 2. The molecule has 8 heteroatoms. The van der Waals surface area contributed by atoms with E-state index in [4.69, 9.17) is 9.72 Å². The Kier molecular flexibility index (Phi) is 6.62. The number of methoxy groups -OCH3 is 1. The molecule has 2 heterocycles. The average Bonchev–Trinajstić information content (AvgIpc) is 3.27. The standard InChI is InChI=1S/C24H23N3O3S2/c1-4-26(18-7-5-6-16(2)14-18)21(28)15-32-24-25-20-12-13-31-22(20)23(29)27(24)17-8-10-19(30-3)11-9-17/h5-14H,4,15H2,1-3H3. The number of carbonyl (C=O) groups excluding carboxylic acids is 1. The van der Waals surface area contributed by atoms with Crippen molar-refractivity contribution in [2.75, 3.05) is 24.3 Å². The number of fused-ring (bicyclic) bond motifs is 1. The molecule has 6 nitrogen and oxygen atoms in total. The molecule has 1 amide bonds. The molecular formula is C24H23N3O3S2. The predicted octanol–water partition coefficient (Wildman–Crippen LogP) is 4.91. The van der Waals surface area contributed by atoms with Gasteiger partial charge in [0.05, 0.1) is 24.1 Å². The van der Waals surface area contributed by atoms with Crippen molar-refractivity contribution in [3.63, 3.8) is 0 Å². The van der Waals surface area contributed by atoms with E-state index in [-0.39, 0.29) is 17.2 Å². The topological polar surface area (TPSA) is 64.4 Å². The van der Waals surface area contributed by atoms with E-state index in [1.807, 2.05) is 61.7 Å². The number of nitrogens with zero attached hydrogens (tertiary/aromatic N) is 3. The summed E-state index contributed by atoms with van der Waals surface area (Å²) in [5, 5.41) is 2.34. The molecule has 0 fully saturated rings. The molecular weight excluding hydrogens is 442 g/mol. The van der Waals surface area contributed by atoms with E-state index in [9.17, 15) is 9.59 Å². The molecule has 4 aromatic rings. The molecule has 164 valence electrons. The molecule has 0 spiro atoms. The summed E-state index contributed by atoms with van der Waals surface area (Å²) in [6.07, 6.45) is 0. The molecule has 0 aliphatic heterocycles. The second-order valence-electron chi connectivity index (χ2n) is 7.13. The number of anilines is 1. The predicted molar refractivity (Wildman–Crippen MR) is 132 cm³/mol. The normalized spacial score (nSPS) is 11.0. The van der Waals surface area contributed by atoms with Gasteiger partial charge < -0.3 is 9.64 Å². The molecule has 0 unspecified atom stereocenters. The maximum absolute atomic E-state index is 13.3. The van der Waals surface area contributed by atoms with Crippen LogP contribution in [0.2, 0.25) is 0 Å². The van der Waals surface area contributed by atoms with E-state index >= 15 is 0 Å². The molecule has 2 aromatic heterocycles. The third-order valence-electron chi connectivity index (χ3n) is 5.04. The fraction of sp³-hybridized carbons (Fsp3) is 0.208. The minimum atomic E-state index is -0.142. The van der Waals surface area contributed by atoms with Crippen LogP contribution in [-0.2, 0) is 4.79 Å². The number of amides is 1. The summed E-state index contributed by atoms with van der Waals surface area (Å²) < 4.78 is 7.39. The molecule has 0 atom stereocenters. The Morgan fingerprint density at radius 3 is 2.66 bits per heavy atom. The van der Waals surface area contributed by atoms with Gasteiger partial charge in [-0.3, -0.25) is 14.2 Å². The van der Waals surface area contributed by atoms with E-state index in [0.29, 0.717) is 33.4 Å². The van der Waals surface area contributed by atoms with Gasteiger partial charge in [0.1, 0.15) is 10.4 Å². The zero-order valence-electron chi connectivity index (χ0n) is 18.1. The summed E-state index contributed by atoms with van der Waals surface area (Å²) in [7, 11) is 1.60. The molecule has 32 heavy (non-hydrogen) atoms. The number of rotatable bonds is 7. The molecule has 0 radical (unpaired) electrons. The first-order chi connectivity index (χ1) is 15.5. The number of hydrogen-bond acceptors (Lipinski definition) is 6. The summed E-state index contributed by atoms with van der Waals surface area (Å²) in [4.78, 5) is 32.8. The van der Waals surface area contributed by atoms with Crippen molar-refractivity contribution in [2.24, 2.45) is 0 Å². The van der Waals surface area contributed by atoms with Crippen LogP contribution in [0.25, 0.3) is 15.9 Å². The molecule has 4 rings (SSSR count). The lowest BCUT2D eigenvalue weighted by Crippen LogP contribution is -2.32. The molecule has 2 aromatic carbocycles. The first-order valence-electron chi connectivity index (χ1n) is 10.2. The number of ether oxygens (including phenoxy) is 1. The first kappa shape index (κ1) is 22.1. The third kappa shape index (κ3) is 4.42. The van der Waals surface area contributed by atoms with E-state index < -0.39 is 0 Å². The van der Waals surface area contributed by atoms with Gasteiger partial charge in [0.25, 0.3) is 5.56 Å². The Bertz CT molecular complexity index is 1310. The Balaban J connectivity index is 1.67. The monoisotopic (exact) mass is 465 g/mol. The highest BCUT2D eigenvalue weighted by molar-refractivity contribution is 7.99. The molecule has 0 aliphatic carbocycles. The van der Waals surface area contributed by atoms with Crippen LogP contribution in [0.4, 0.5) is 5.69 Å². The van der Waals surface area contributed by atoms with Gasteiger partial charge in [-0.25, -0.2) is 4.98 Å². The van der Waals surface area contributed by atoms with Crippen LogP contribution >= 0.6 is 23.1 Å². The van der Waals surface area contributed by atoms with Crippen LogP contribution in [0.1, 0.15) is 12.5 Å². The maximum Gasteiger partial charge on any atom is 0.276 e. The number of thiophene rings is 1. The van der Waals surface area contributed by atoms with E-state index in [0.717, 1.165) is 11.3 Å². The smallest absolute Gasteiger partial charge is 0.276 e. The summed E-state index contributed by atoms with van der Waals surface area (Å²) >= 11 is 2.63. The molecule has 0 saturated heterocycles. The van der Waals surface area contributed by atoms with Gasteiger partial charge in [-0.15, -0.1) is 11.3 Å². The van der Waals surface area contributed by atoms with Gasteiger partial charge in [0.15, 0.2) is 5.16 Å². The van der Waals surface area contributed by atoms with Gasteiger partial charge in [-0.05, 0) is 67.3 Å². The van der Waals surface area contributed by atoms with Gasteiger partial charge in [-0.1, -0.05) is 23.9 Å². The zero-order valence-corrected chi connectivity index (χ0v) is 19.7. The van der Waals surface area contributed by atoms with Crippen molar-refractivity contribution in [3.8, 4) is 11.4 Å². The van der Waals surface area contributed by atoms with Crippen molar-refractivity contribution in [1.29, 1.82) is 0 Å². The Morgan fingerprint density at radius 2 is 1.97 bits per heavy atom. The van der Waals surface area contributed by atoms with E-state index in [1.54, 1.807) is 28.7 Å². The highest BCUT2D eigenvalue weighted by Gasteiger charge is 2.19. The second kappa shape index (κ2) is 9.58. The van der Waals surface area contributed by atoms with Gasteiger partial charge in [-0.2, -0.15) is 0 Å². The fourth-order valence-corrected chi connectivity index (χ4v) is 5.10. The largest absolute Gasteiger partial charge is 0.497 e. The number of hydrogen-bond donors (Lipinski definition) is 0. The highest BCUT2D eigenvalue weighted by atomic mass is 32.2. The third-order valence-corrected chi connectivity index (χ3v) is 6.85. The van der Waals surface area contributed by atoms with E-state index in [2.05, 4.69) is 0 Å². The Hall–Kier alpha value is -3.10. The molecule has 0 N–H and O–H groups in total. The zero-order chi connectivity index (χ0) is 22.7. The molecule has 0 aliphatic rings. The molecule has 0 saturated carbocycles. The van der Waals surface area contributed by atoms with Crippen molar-refractivity contribution in [3.05, 3.63) is 75.9 Å². The Morgan fingerprint density at radius 1 is 1.19 bits per heavy atom. The highest BCUT2D eigenvalue weighted by Crippen LogP contribution is 2.26. The van der Waals surface area contributed by atoms with Crippen LogP contribution in [0.3, 0.4) is 0 Å². The van der Waals surface area contributed by atoms with E-state index in [1.165, 1.54) is 23.1 Å². The SMILES string of the molecule is CCN(C(=O)CSc1nc2ccsc2c(=O)n1-c1ccc(OC)cc1)c1cccc(C)c1. The summed E-state index contributed by atoms with van der Waals surface area (Å²) in [6.45, 7) is 4.52. The van der Waals surface area contributed by atoms with Crippen LogP contribution in [0.5, 0.6) is 5.75 Å². The summed E-state index contributed by atoms with van der Waals surface area (Å²) in [5.74, 6) is 0.831. The van der Waals surface area contributed by atoms with Gasteiger partial charge in [0, 0.05) is 12.2 Å². The van der Waals surface area contributed by atoms with Crippen LogP contribution in [-0.4, -0.2) is 34.9 Å². The maximum atomic E-state index is 13.3. The van der Waals surface area contributed by atoms with Crippen molar-refractivity contribution in [2.45, 2.75) is 19.0 Å². The molecule has 0 bridgehead atoms. The lowest BCUT2D eigenvalue weighted by molar-refractivity contribution is -0.116. The fourth-order valence-electron chi connectivity index (χ4n) is 3.45. The van der Waals surface area contributed by atoms with Gasteiger partial charge in [0.2, 0.25) is 5.91 Å². The summed E-state index contributed by atoms with van der Waals surface area (Å²) in [5.41, 5.74) is 3.15. The van der Waals surface area contributed by atoms with Crippen LogP contribution in [0, 0.1) is 6.92 Å². The minimum Gasteiger partial charge on any atom is -0.497 e. The second-order valence-corrected chi connectivity index (χ2v) is 8.99. The average molecular weight is 466 g/mol. The van der Waals surface area contributed by atoms with Crippen LogP contribution < -0.4 is 15.2 Å². The number of carbonyl (C=O) groups is 1. The number of thioether (sulfide) groups is 1. The minimum absolute atomic E-state index is 0.0379. The summed E-state index contributed by atoms with van der Waals surface area (Å²) in [6, 6.07) is 16.9. The van der Waals surface area contributed by atoms with Crippen molar-refractivity contribution >= 4 is 44.9 Å². The Labute approximate surface area is 194 Å². The van der Waals surface area contributed by atoms with Crippen molar-refractivity contribution < 1.29 is 9.53 Å². The quantitative estimate of drug-likeness (QED) is 0.287. The van der Waals surface area contributed by atoms with Crippen molar-refractivity contribution in [1.82, 2.24) is 9.55 Å². The lowest BCUT2D eigenvalue weighted by Gasteiger charge is -2.21.